The highest BCUT2D eigenvalue weighted by atomic mass is 16.2. The summed E-state index contributed by atoms with van der Waals surface area (Å²) in [7, 11) is 4.09. The number of H-pyrrole nitrogens is 1. The van der Waals surface area contributed by atoms with Crippen LogP contribution in [0.15, 0.2) is 0 Å². The first-order chi connectivity index (χ1) is 8.63. The quantitative estimate of drug-likeness (QED) is 0.673. The van der Waals surface area contributed by atoms with Crippen molar-refractivity contribution in [2.45, 2.75) is 32.6 Å². The first kappa shape index (κ1) is 14.6. The molecule has 18 heavy (non-hydrogen) atoms. The summed E-state index contributed by atoms with van der Waals surface area (Å²) < 4.78 is 0. The number of aromatic amines is 1. The van der Waals surface area contributed by atoms with Crippen LogP contribution in [0.2, 0.25) is 0 Å². The van der Waals surface area contributed by atoms with Gasteiger partial charge in [-0.1, -0.05) is 6.92 Å². The van der Waals surface area contributed by atoms with Crippen molar-refractivity contribution in [3.05, 3.63) is 11.6 Å². The van der Waals surface area contributed by atoms with Crippen LogP contribution >= 0.6 is 0 Å². The van der Waals surface area contributed by atoms with E-state index in [4.69, 9.17) is 0 Å². The van der Waals surface area contributed by atoms with Gasteiger partial charge in [-0.05, 0) is 39.9 Å². The van der Waals surface area contributed by atoms with E-state index in [9.17, 15) is 4.79 Å². The van der Waals surface area contributed by atoms with E-state index in [-0.39, 0.29) is 11.7 Å². The molecule has 0 saturated carbocycles. The highest BCUT2D eigenvalue weighted by Gasteiger charge is 2.10. The lowest BCUT2D eigenvalue weighted by atomic mass is 10.3. The van der Waals surface area contributed by atoms with Gasteiger partial charge in [-0.25, -0.2) is 4.98 Å². The molecule has 0 aliphatic heterocycles. The molecule has 102 valence electrons. The number of amides is 1. The molecular formula is C12H23N5O. The van der Waals surface area contributed by atoms with Gasteiger partial charge >= 0.3 is 0 Å². The van der Waals surface area contributed by atoms with Gasteiger partial charge in [0.2, 0.25) is 5.82 Å². The van der Waals surface area contributed by atoms with Crippen molar-refractivity contribution in [1.82, 2.24) is 25.4 Å². The van der Waals surface area contributed by atoms with Crippen molar-refractivity contribution in [1.29, 1.82) is 0 Å². The first-order valence-electron chi connectivity index (χ1n) is 6.47. The number of nitrogens with zero attached hydrogens (tertiary/aromatic N) is 3. The van der Waals surface area contributed by atoms with E-state index in [0.717, 1.165) is 38.1 Å². The topological polar surface area (TPSA) is 73.9 Å². The highest BCUT2D eigenvalue weighted by molar-refractivity contribution is 5.90. The van der Waals surface area contributed by atoms with E-state index < -0.39 is 0 Å². The number of hydrogen-bond donors (Lipinski definition) is 2. The Labute approximate surface area is 108 Å². The molecule has 0 aliphatic rings. The van der Waals surface area contributed by atoms with Gasteiger partial charge in [0.15, 0.2) is 0 Å². The summed E-state index contributed by atoms with van der Waals surface area (Å²) >= 11 is 0. The van der Waals surface area contributed by atoms with E-state index in [2.05, 4.69) is 32.3 Å². The Morgan fingerprint density at radius 1 is 1.39 bits per heavy atom. The van der Waals surface area contributed by atoms with Crippen molar-refractivity contribution in [3.63, 3.8) is 0 Å². The van der Waals surface area contributed by atoms with Gasteiger partial charge in [-0.3, -0.25) is 9.89 Å². The Balaban J connectivity index is 2.23. The van der Waals surface area contributed by atoms with E-state index >= 15 is 0 Å². The van der Waals surface area contributed by atoms with Gasteiger partial charge in [0.1, 0.15) is 5.82 Å². The third-order valence-corrected chi connectivity index (χ3v) is 2.54. The summed E-state index contributed by atoms with van der Waals surface area (Å²) in [4.78, 5) is 18.0. The Hall–Kier alpha value is -1.43. The predicted molar refractivity (Wildman–Crippen MR) is 70.5 cm³/mol. The summed E-state index contributed by atoms with van der Waals surface area (Å²) in [5, 5.41) is 9.51. The van der Waals surface area contributed by atoms with Crippen LogP contribution in [-0.2, 0) is 6.42 Å². The molecule has 0 aliphatic carbocycles. The number of rotatable bonds is 8. The molecule has 0 spiro atoms. The third-order valence-electron chi connectivity index (χ3n) is 2.54. The fourth-order valence-electron chi connectivity index (χ4n) is 1.58. The SMILES string of the molecule is CCCc1nc(C(=O)NCCCCN(C)C)n[nH]1. The maximum atomic E-state index is 11.7. The van der Waals surface area contributed by atoms with E-state index in [1.54, 1.807) is 0 Å². The zero-order chi connectivity index (χ0) is 13.4. The van der Waals surface area contributed by atoms with Gasteiger partial charge in [-0.15, -0.1) is 5.10 Å². The second kappa shape index (κ2) is 7.81. The smallest absolute Gasteiger partial charge is 0.290 e. The number of aromatic nitrogens is 3. The minimum Gasteiger partial charge on any atom is -0.349 e. The van der Waals surface area contributed by atoms with Crippen molar-refractivity contribution < 1.29 is 4.79 Å². The number of hydrogen-bond acceptors (Lipinski definition) is 4. The van der Waals surface area contributed by atoms with Crippen LogP contribution in [-0.4, -0.2) is 53.2 Å². The van der Waals surface area contributed by atoms with Gasteiger partial charge in [0.05, 0.1) is 0 Å². The molecule has 1 aromatic heterocycles. The van der Waals surface area contributed by atoms with Crippen LogP contribution in [0.4, 0.5) is 0 Å². The number of carbonyl (C=O) groups is 1. The molecule has 0 radical (unpaired) electrons. The summed E-state index contributed by atoms with van der Waals surface area (Å²) in [5.41, 5.74) is 0. The fourth-order valence-corrected chi connectivity index (χ4v) is 1.58. The molecule has 1 heterocycles. The van der Waals surface area contributed by atoms with Crippen molar-refractivity contribution in [3.8, 4) is 0 Å². The second-order valence-electron chi connectivity index (χ2n) is 4.62. The van der Waals surface area contributed by atoms with Crippen molar-refractivity contribution in [2.24, 2.45) is 0 Å². The van der Waals surface area contributed by atoms with Crippen molar-refractivity contribution >= 4 is 5.91 Å². The zero-order valence-corrected chi connectivity index (χ0v) is 11.5. The molecule has 6 nitrogen and oxygen atoms in total. The molecule has 1 amide bonds. The lowest BCUT2D eigenvalue weighted by molar-refractivity contribution is 0.0942. The number of unbranched alkanes of at least 4 members (excludes halogenated alkanes) is 1. The molecule has 1 aromatic rings. The number of aryl methyl sites for hydroxylation is 1. The molecule has 0 bridgehead atoms. The largest absolute Gasteiger partial charge is 0.349 e. The summed E-state index contributed by atoms with van der Waals surface area (Å²) in [6, 6.07) is 0. The lowest BCUT2D eigenvalue weighted by Crippen LogP contribution is -2.26. The summed E-state index contributed by atoms with van der Waals surface area (Å²) in [5.74, 6) is 0.819. The van der Waals surface area contributed by atoms with E-state index in [1.807, 2.05) is 14.1 Å². The fraction of sp³-hybridized carbons (Fsp3) is 0.750. The second-order valence-corrected chi connectivity index (χ2v) is 4.62. The maximum absolute atomic E-state index is 11.7. The van der Waals surface area contributed by atoms with Crippen LogP contribution < -0.4 is 5.32 Å². The molecule has 1 rings (SSSR count). The van der Waals surface area contributed by atoms with Crippen LogP contribution in [0.5, 0.6) is 0 Å². The average Bonchev–Trinajstić information content (AvgIpc) is 2.77. The van der Waals surface area contributed by atoms with Gasteiger partial charge in [-0.2, -0.15) is 0 Å². The van der Waals surface area contributed by atoms with Gasteiger partial charge < -0.3 is 10.2 Å². The maximum Gasteiger partial charge on any atom is 0.290 e. The molecule has 2 N–H and O–H groups in total. The normalized spacial score (nSPS) is 10.9. The third kappa shape index (κ3) is 5.27. The van der Waals surface area contributed by atoms with Crippen LogP contribution in [0.25, 0.3) is 0 Å². The number of nitrogens with one attached hydrogen (secondary N) is 2. The van der Waals surface area contributed by atoms with Crippen molar-refractivity contribution in [2.75, 3.05) is 27.2 Å². The Morgan fingerprint density at radius 2 is 2.17 bits per heavy atom. The van der Waals surface area contributed by atoms with Crippen LogP contribution in [0, 0.1) is 0 Å². The summed E-state index contributed by atoms with van der Waals surface area (Å²) in [6.07, 6.45) is 3.85. The highest BCUT2D eigenvalue weighted by Crippen LogP contribution is 1.97. The molecule has 0 saturated heterocycles. The predicted octanol–water partition coefficient (Wildman–Crippen LogP) is 0.829. The Morgan fingerprint density at radius 3 is 2.83 bits per heavy atom. The molecule has 0 fully saturated rings. The van der Waals surface area contributed by atoms with E-state index in [0.29, 0.717) is 6.54 Å². The first-order valence-corrected chi connectivity index (χ1v) is 6.47. The monoisotopic (exact) mass is 253 g/mol. The Kier molecular flexibility index (Phi) is 6.35. The average molecular weight is 253 g/mol. The van der Waals surface area contributed by atoms with E-state index in [1.165, 1.54) is 0 Å². The Bertz CT molecular complexity index is 361. The van der Waals surface area contributed by atoms with Crippen LogP contribution in [0.3, 0.4) is 0 Å². The van der Waals surface area contributed by atoms with Gasteiger partial charge in [0, 0.05) is 13.0 Å². The van der Waals surface area contributed by atoms with Gasteiger partial charge in [0.25, 0.3) is 5.91 Å². The van der Waals surface area contributed by atoms with Crippen LogP contribution in [0.1, 0.15) is 42.6 Å². The molecule has 0 unspecified atom stereocenters. The molecule has 6 heteroatoms. The lowest BCUT2D eigenvalue weighted by Gasteiger charge is -2.08. The summed E-state index contributed by atoms with van der Waals surface area (Å²) in [6.45, 7) is 3.77. The minimum absolute atomic E-state index is 0.196. The number of carbonyl (C=O) groups excluding carboxylic acids is 1. The minimum atomic E-state index is -0.196. The molecule has 0 atom stereocenters. The molecular weight excluding hydrogens is 230 g/mol. The standard InChI is InChI=1S/C12H23N5O/c1-4-7-10-14-11(16-15-10)12(18)13-8-5-6-9-17(2)3/h4-9H2,1-3H3,(H,13,18)(H,14,15,16). The molecule has 0 aromatic carbocycles. The zero-order valence-electron chi connectivity index (χ0n) is 11.5.